The summed E-state index contributed by atoms with van der Waals surface area (Å²) in [6.45, 7) is 20.3. The first-order chi connectivity index (χ1) is 10.2. The fraction of sp³-hybridized carbons (Fsp3) is 0.933. The average Bonchev–Trinajstić information content (AvgIpc) is 2.29. The molecule has 0 aliphatic heterocycles. The highest BCUT2D eigenvalue weighted by atomic mass is 28.4. The summed E-state index contributed by atoms with van der Waals surface area (Å²) in [5.41, 5.74) is 0. The first-order valence-corrected chi connectivity index (χ1v) is 18.5. The van der Waals surface area contributed by atoms with E-state index in [9.17, 15) is 0 Å². The third-order valence-corrected chi connectivity index (χ3v) is 5.68. The van der Waals surface area contributed by atoms with Gasteiger partial charge in [-0.2, -0.15) is 0 Å². The van der Waals surface area contributed by atoms with Crippen LogP contribution in [0.15, 0.2) is 5.16 Å². The summed E-state index contributed by atoms with van der Waals surface area (Å²) in [4.78, 5) is 4.79. The van der Waals surface area contributed by atoms with Gasteiger partial charge in [0.05, 0.1) is 18.8 Å². The normalized spacial score (nSPS) is 16.6. The van der Waals surface area contributed by atoms with Crippen molar-refractivity contribution >= 4 is 31.2 Å². The summed E-state index contributed by atoms with van der Waals surface area (Å²) in [5, 5.41) is 3.86. The molecule has 0 radical (unpaired) electrons. The van der Waals surface area contributed by atoms with Gasteiger partial charge in [-0.3, -0.25) is 0 Å². The Balaban J connectivity index is 5.19. The molecule has 2 atom stereocenters. The maximum atomic E-state index is 6.40. The molecule has 0 saturated carbocycles. The Bertz CT molecular complexity index is 359. The Morgan fingerprint density at radius 3 is 1.65 bits per heavy atom. The van der Waals surface area contributed by atoms with Gasteiger partial charge >= 0.3 is 0 Å². The van der Waals surface area contributed by atoms with E-state index in [1.807, 2.05) is 0 Å². The van der Waals surface area contributed by atoms with E-state index in [-0.39, 0.29) is 12.2 Å². The van der Waals surface area contributed by atoms with Crippen LogP contribution in [0.25, 0.3) is 0 Å². The zero-order valence-electron chi connectivity index (χ0n) is 16.7. The minimum absolute atomic E-state index is 0.0522. The van der Waals surface area contributed by atoms with Gasteiger partial charge in [0.2, 0.25) is 0 Å². The van der Waals surface area contributed by atoms with Gasteiger partial charge in [-0.1, -0.05) is 5.16 Å². The summed E-state index contributed by atoms with van der Waals surface area (Å²) >= 11 is 0. The molecule has 0 bridgehead atoms. The van der Waals surface area contributed by atoms with Gasteiger partial charge in [0, 0.05) is 12.6 Å². The van der Waals surface area contributed by atoms with Gasteiger partial charge in [-0.25, -0.2) is 0 Å². The van der Waals surface area contributed by atoms with Crippen LogP contribution < -0.4 is 0 Å². The lowest BCUT2D eigenvalue weighted by molar-refractivity contribution is 0.0158. The van der Waals surface area contributed by atoms with Crippen molar-refractivity contribution in [3.8, 4) is 0 Å². The quantitative estimate of drug-likeness (QED) is 0.305. The van der Waals surface area contributed by atoms with Gasteiger partial charge in [0.25, 0.3) is 0 Å². The number of nitrogens with zero attached hydrogens (tertiary/aromatic N) is 1. The molecule has 0 aliphatic carbocycles. The molecular weight excluding hydrogens is 342 g/mol. The first-order valence-electron chi connectivity index (χ1n) is 8.28. The summed E-state index contributed by atoms with van der Waals surface area (Å²) < 4.78 is 18.9. The van der Waals surface area contributed by atoms with Crippen molar-refractivity contribution in [2.75, 3.05) is 13.7 Å². The molecule has 0 saturated heterocycles. The third kappa shape index (κ3) is 14.1. The Morgan fingerprint density at radius 1 is 0.783 bits per heavy atom. The molecule has 0 aromatic carbocycles. The molecule has 138 valence electrons. The van der Waals surface area contributed by atoms with Crippen molar-refractivity contribution in [2.45, 2.75) is 77.6 Å². The van der Waals surface area contributed by atoms with Gasteiger partial charge < -0.3 is 18.1 Å². The second-order valence-electron chi connectivity index (χ2n) is 8.67. The second kappa shape index (κ2) is 9.48. The fourth-order valence-electron chi connectivity index (χ4n) is 1.95. The third-order valence-electron chi connectivity index (χ3n) is 2.62. The van der Waals surface area contributed by atoms with E-state index in [2.05, 4.69) is 64.1 Å². The summed E-state index contributed by atoms with van der Waals surface area (Å²) in [6.07, 6.45) is 2.31. The molecule has 0 aromatic rings. The molecule has 8 heteroatoms. The van der Waals surface area contributed by atoms with Crippen molar-refractivity contribution in [3.63, 3.8) is 0 Å². The van der Waals surface area contributed by atoms with Gasteiger partial charge in [0.1, 0.15) is 7.11 Å². The minimum Gasteiger partial charge on any atom is -0.415 e. The molecule has 23 heavy (non-hydrogen) atoms. The number of rotatable bonds is 11. The zero-order chi connectivity index (χ0) is 18.3. The van der Waals surface area contributed by atoms with E-state index in [1.54, 1.807) is 13.3 Å². The Hall–Kier alpha value is 0.000649. The van der Waals surface area contributed by atoms with E-state index in [1.165, 1.54) is 0 Å². The zero-order valence-corrected chi connectivity index (χ0v) is 19.7. The predicted octanol–water partition coefficient (Wildman–Crippen LogP) is 4.30. The molecule has 0 aliphatic rings. The largest absolute Gasteiger partial charge is 0.415 e. The Kier molecular flexibility index (Phi) is 9.48. The molecule has 2 unspecified atom stereocenters. The van der Waals surface area contributed by atoms with Crippen LogP contribution in [0.1, 0.15) is 6.42 Å². The number of hydrogen-bond acceptors (Lipinski definition) is 5. The first kappa shape index (κ1) is 23.0. The van der Waals surface area contributed by atoms with E-state index < -0.39 is 25.0 Å². The van der Waals surface area contributed by atoms with Crippen molar-refractivity contribution in [3.05, 3.63) is 0 Å². The van der Waals surface area contributed by atoms with E-state index >= 15 is 0 Å². The lowest BCUT2D eigenvalue weighted by Gasteiger charge is -2.36. The van der Waals surface area contributed by atoms with Crippen LogP contribution in [0, 0.1) is 0 Å². The van der Waals surface area contributed by atoms with Crippen molar-refractivity contribution < 1.29 is 18.1 Å². The van der Waals surface area contributed by atoms with Crippen molar-refractivity contribution in [2.24, 2.45) is 5.16 Å². The van der Waals surface area contributed by atoms with Crippen LogP contribution in [0.5, 0.6) is 0 Å². The maximum Gasteiger partial charge on any atom is 0.184 e. The molecule has 0 N–H and O–H groups in total. The average molecular weight is 380 g/mol. The maximum absolute atomic E-state index is 6.40. The highest BCUT2D eigenvalue weighted by Crippen LogP contribution is 2.20. The minimum atomic E-state index is -1.71. The van der Waals surface area contributed by atoms with Gasteiger partial charge in [0.15, 0.2) is 25.0 Å². The van der Waals surface area contributed by atoms with E-state index in [0.29, 0.717) is 13.0 Å². The summed E-state index contributed by atoms with van der Waals surface area (Å²) in [7, 11) is -3.47. The lowest BCUT2D eigenvalue weighted by Crippen LogP contribution is -2.48. The number of hydrogen-bond donors (Lipinski definition) is 0. The van der Waals surface area contributed by atoms with Gasteiger partial charge in [-0.15, -0.1) is 0 Å². The molecule has 0 spiro atoms. The summed E-state index contributed by atoms with van der Waals surface area (Å²) in [5.74, 6) is 0. The predicted molar refractivity (Wildman–Crippen MR) is 106 cm³/mol. The van der Waals surface area contributed by atoms with Crippen LogP contribution >= 0.6 is 0 Å². The highest BCUT2D eigenvalue weighted by molar-refractivity contribution is 6.70. The summed E-state index contributed by atoms with van der Waals surface area (Å²) in [6, 6.07) is 0. The Labute approximate surface area is 146 Å². The molecule has 0 heterocycles. The smallest absolute Gasteiger partial charge is 0.184 e. The van der Waals surface area contributed by atoms with E-state index in [0.717, 1.165) is 0 Å². The second-order valence-corrected chi connectivity index (χ2v) is 22.1. The number of oxime groups is 1. The van der Waals surface area contributed by atoms with Crippen LogP contribution in [0.4, 0.5) is 0 Å². The van der Waals surface area contributed by atoms with Crippen LogP contribution in [-0.4, -0.2) is 57.1 Å². The van der Waals surface area contributed by atoms with Crippen molar-refractivity contribution in [1.29, 1.82) is 0 Å². The SMILES string of the molecule is CO/N=C\CC(O[Si](C)(C)C)C(CO[Si](C)(C)C)O[Si](C)(C)C. The highest BCUT2D eigenvalue weighted by Gasteiger charge is 2.33. The van der Waals surface area contributed by atoms with Crippen LogP contribution in [0.3, 0.4) is 0 Å². The molecule has 0 aromatic heterocycles. The van der Waals surface area contributed by atoms with Gasteiger partial charge in [-0.05, 0) is 58.9 Å². The molecular formula is C15H37NO4Si3. The Morgan fingerprint density at radius 2 is 1.26 bits per heavy atom. The van der Waals surface area contributed by atoms with Crippen LogP contribution in [-0.2, 0) is 18.1 Å². The molecule has 0 fully saturated rings. The monoisotopic (exact) mass is 379 g/mol. The van der Waals surface area contributed by atoms with Crippen molar-refractivity contribution in [1.82, 2.24) is 0 Å². The topological polar surface area (TPSA) is 49.3 Å². The lowest BCUT2D eigenvalue weighted by atomic mass is 10.1. The standard InChI is InChI=1S/C15H37NO4Si3/c1-17-16-12-11-14(19-22(5,6)7)15(20-23(8,9)10)13-18-21(2,3)4/h12,14-15H,11,13H2,1-10H3/b16-12-. The fourth-order valence-corrected chi connectivity index (χ4v) is 4.90. The van der Waals surface area contributed by atoms with Crippen LogP contribution in [0.2, 0.25) is 58.9 Å². The molecule has 0 amide bonds. The van der Waals surface area contributed by atoms with E-state index in [4.69, 9.17) is 18.1 Å². The molecule has 5 nitrogen and oxygen atoms in total. The molecule has 0 rings (SSSR count).